The number of rotatable bonds is 5. The Balaban J connectivity index is 1.56. The number of aryl methyl sites for hydroxylation is 1. The number of ether oxygens (including phenoxy) is 1. The molecule has 1 aromatic carbocycles. The zero-order chi connectivity index (χ0) is 19.7. The van der Waals surface area contributed by atoms with Gasteiger partial charge in [-0.1, -0.05) is 28.0 Å². The van der Waals surface area contributed by atoms with Crippen molar-refractivity contribution >= 4 is 28.9 Å². The molecule has 0 fully saturated rings. The van der Waals surface area contributed by atoms with Crippen LogP contribution in [0.25, 0.3) is 22.6 Å². The van der Waals surface area contributed by atoms with Gasteiger partial charge in [0.1, 0.15) is 22.8 Å². The Bertz CT molecular complexity index is 1120. The number of aromatic nitrogens is 3. The Labute approximate surface area is 166 Å². The highest BCUT2D eigenvalue weighted by Gasteiger charge is 2.27. The van der Waals surface area contributed by atoms with Crippen molar-refractivity contribution in [2.45, 2.75) is 13.5 Å². The first-order valence-corrected chi connectivity index (χ1v) is 9.29. The van der Waals surface area contributed by atoms with Gasteiger partial charge in [-0.05, 0) is 30.5 Å². The molecule has 0 N–H and O–H groups in total. The fourth-order valence-corrected chi connectivity index (χ4v) is 3.42. The van der Waals surface area contributed by atoms with E-state index >= 15 is 0 Å². The number of carbonyl (C=O) groups is 1. The number of nitrogens with zero attached hydrogens (tertiary/aromatic N) is 3. The average Bonchev–Trinajstić information content (AvgIpc) is 3.40. The van der Waals surface area contributed by atoms with Crippen LogP contribution in [-0.2, 0) is 11.3 Å². The molecule has 7 nitrogen and oxygen atoms in total. The molecule has 0 unspecified atom stereocenters. The van der Waals surface area contributed by atoms with Crippen LogP contribution in [0.2, 0.25) is 5.02 Å². The molecule has 3 heterocycles. The van der Waals surface area contributed by atoms with Gasteiger partial charge in [-0.15, -0.1) is 0 Å². The molecule has 0 atom stereocenters. The lowest BCUT2D eigenvalue weighted by molar-refractivity contribution is 0.0428. The highest BCUT2D eigenvalue weighted by atomic mass is 35.5. The van der Waals surface area contributed by atoms with Crippen molar-refractivity contribution in [2.75, 3.05) is 0 Å². The van der Waals surface area contributed by atoms with Crippen molar-refractivity contribution < 1.29 is 23.0 Å². The van der Waals surface area contributed by atoms with Gasteiger partial charge in [-0.2, -0.15) is 16.3 Å². The van der Waals surface area contributed by atoms with E-state index in [0.717, 1.165) is 5.56 Å². The smallest absolute Gasteiger partial charge is 0.344 e. The second-order valence-electron chi connectivity index (χ2n) is 5.66. The van der Waals surface area contributed by atoms with Crippen molar-refractivity contribution in [3.8, 4) is 22.6 Å². The molecule has 142 valence electrons. The summed E-state index contributed by atoms with van der Waals surface area (Å²) in [6.45, 7) is 1.26. The van der Waals surface area contributed by atoms with E-state index in [0.29, 0.717) is 5.82 Å². The number of esters is 1. The molecule has 0 aliphatic carbocycles. The molecule has 4 rings (SSSR count). The summed E-state index contributed by atoms with van der Waals surface area (Å²) in [5.74, 6) is -0.722. The highest BCUT2D eigenvalue weighted by Crippen LogP contribution is 2.33. The third-order valence-corrected chi connectivity index (χ3v) is 4.84. The normalized spacial score (nSPS) is 11.0. The highest BCUT2D eigenvalue weighted by molar-refractivity contribution is 7.08. The molecule has 3 aromatic heterocycles. The van der Waals surface area contributed by atoms with Crippen LogP contribution in [0.15, 0.2) is 44.1 Å². The maximum atomic E-state index is 14.2. The standard InChI is InChI=1S/C18H11ClFN3O4S/c1-9-14(16(22-26-9)15-11(19)3-2-4-12(15)20)18(24)25-7-13-21-17(23-27-13)10-5-6-28-8-10/h2-6,8H,7H2,1H3. The monoisotopic (exact) mass is 419 g/mol. The molecule has 0 saturated heterocycles. The van der Waals surface area contributed by atoms with Crippen LogP contribution < -0.4 is 0 Å². The second kappa shape index (κ2) is 7.53. The molecular formula is C18H11ClFN3O4S. The summed E-state index contributed by atoms with van der Waals surface area (Å²) in [6, 6.07) is 6.00. The number of carbonyl (C=O) groups excluding carboxylic acids is 1. The van der Waals surface area contributed by atoms with E-state index in [1.807, 2.05) is 16.8 Å². The number of benzene rings is 1. The van der Waals surface area contributed by atoms with Gasteiger partial charge in [-0.25, -0.2) is 9.18 Å². The molecular weight excluding hydrogens is 409 g/mol. The molecule has 10 heteroatoms. The van der Waals surface area contributed by atoms with Gasteiger partial charge in [0.2, 0.25) is 5.82 Å². The molecule has 0 bridgehead atoms. The lowest BCUT2D eigenvalue weighted by Crippen LogP contribution is -2.08. The molecule has 0 radical (unpaired) electrons. The fraction of sp³-hybridized carbons (Fsp3) is 0.111. The molecule has 0 aliphatic rings. The first-order valence-electron chi connectivity index (χ1n) is 7.97. The van der Waals surface area contributed by atoms with E-state index in [9.17, 15) is 9.18 Å². The van der Waals surface area contributed by atoms with E-state index in [1.54, 1.807) is 0 Å². The van der Waals surface area contributed by atoms with Gasteiger partial charge in [-0.3, -0.25) is 0 Å². The SMILES string of the molecule is Cc1onc(-c2c(F)cccc2Cl)c1C(=O)OCc1nc(-c2ccsc2)no1. The molecule has 0 amide bonds. The second-order valence-corrected chi connectivity index (χ2v) is 6.85. The largest absolute Gasteiger partial charge is 0.452 e. The Morgan fingerprint density at radius 1 is 1.29 bits per heavy atom. The van der Waals surface area contributed by atoms with Crippen molar-refractivity contribution in [2.24, 2.45) is 0 Å². The lowest BCUT2D eigenvalue weighted by atomic mass is 10.1. The van der Waals surface area contributed by atoms with E-state index in [4.69, 9.17) is 25.4 Å². The first-order chi connectivity index (χ1) is 13.5. The van der Waals surface area contributed by atoms with Gasteiger partial charge in [0.25, 0.3) is 5.89 Å². The maximum absolute atomic E-state index is 14.2. The van der Waals surface area contributed by atoms with Crippen LogP contribution in [0.4, 0.5) is 4.39 Å². The minimum atomic E-state index is -0.775. The topological polar surface area (TPSA) is 91.2 Å². The van der Waals surface area contributed by atoms with Crippen LogP contribution in [0.3, 0.4) is 0 Å². The molecule has 0 aliphatic heterocycles. The summed E-state index contributed by atoms with van der Waals surface area (Å²) >= 11 is 7.57. The van der Waals surface area contributed by atoms with Crippen molar-refractivity contribution in [1.29, 1.82) is 0 Å². The maximum Gasteiger partial charge on any atom is 0.344 e. The van der Waals surface area contributed by atoms with Gasteiger partial charge in [0, 0.05) is 10.9 Å². The molecule has 28 heavy (non-hydrogen) atoms. The predicted octanol–water partition coefficient (Wildman–Crippen LogP) is 4.91. The number of hydrogen-bond acceptors (Lipinski definition) is 8. The van der Waals surface area contributed by atoms with E-state index in [-0.39, 0.29) is 40.1 Å². The van der Waals surface area contributed by atoms with Crippen LogP contribution >= 0.6 is 22.9 Å². The summed E-state index contributed by atoms with van der Waals surface area (Å²) in [6.07, 6.45) is 0. The van der Waals surface area contributed by atoms with Crippen LogP contribution in [0.5, 0.6) is 0 Å². The minimum Gasteiger partial charge on any atom is -0.452 e. The Morgan fingerprint density at radius 2 is 2.14 bits per heavy atom. The van der Waals surface area contributed by atoms with Gasteiger partial charge in [0.15, 0.2) is 6.61 Å². The minimum absolute atomic E-state index is 0.0235. The third-order valence-electron chi connectivity index (χ3n) is 3.84. The summed E-state index contributed by atoms with van der Waals surface area (Å²) in [7, 11) is 0. The van der Waals surface area contributed by atoms with E-state index < -0.39 is 11.8 Å². The molecule has 0 spiro atoms. The number of halogens is 2. The van der Waals surface area contributed by atoms with Crippen molar-refractivity contribution in [1.82, 2.24) is 15.3 Å². The summed E-state index contributed by atoms with van der Waals surface area (Å²) in [5.41, 5.74) is 0.711. The van der Waals surface area contributed by atoms with Gasteiger partial charge < -0.3 is 13.8 Å². The third kappa shape index (κ3) is 3.41. The summed E-state index contributed by atoms with van der Waals surface area (Å²) in [5, 5.41) is 11.5. The summed E-state index contributed by atoms with van der Waals surface area (Å²) < 4.78 is 29.6. The first kappa shape index (κ1) is 18.3. The fourth-order valence-electron chi connectivity index (χ4n) is 2.53. The van der Waals surface area contributed by atoms with Crippen molar-refractivity contribution in [3.63, 3.8) is 0 Å². The zero-order valence-electron chi connectivity index (χ0n) is 14.3. The lowest BCUT2D eigenvalue weighted by Gasteiger charge is -2.05. The van der Waals surface area contributed by atoms with Crippen LogP contribution in [-0.4, -0.2) is 21.3 Å². The molecule has 0 saturated carbocycles. The van der Waals surface area contributed by atoms with E-state index in [2.05, 4.69) is 15.3 Å². The van der Waals surface area contributed by atoms with Crippen molar-refractivity contribution in [3.05, 3.63) is 63.1 Å². The van der Waals surface area contributed by atoms with E-state index in [1.165, 1.54) is 36.5 Å². The van der Waals surface area contributed by atoms with Gasteiger partial charge in [0.05, 0.1) is 10.6 Å². The quantitative estimate of drug-likeness (QED) is 0.424. The Hall–Kier alpha value is -3.04. The predicted molar refractivity (Wildman–Crippen MR) is 98.4 cm³/mol. The van der Waals surface area contributed by atoms with Crippen LogP contribution in [0.1, 0.15) is 22.0 Å². The summed E-state index contributed by atoms with van der Waals surface area (Å²) in [4.78, 5) is 16.7. The van der Waals surface area contributed by atoms with Crippen LogP contribution in [0, 0.1) is 12.7 Å². The van der Waals surface area contributed by atoms with Gasteiger partial charge >= 0.3 is 5.97 Å². The Kier molecular flexibility index (Phi) is 4.93. The molecule has 4 aromatic rings. The number of hydrogen-bond donors (Lipinski definition) is 0. The number of thiophene rings is 1. The Morgan fingerprint density at radius 3 is 2.89 bits per heavy atom. The average molecular weight is 420 g/mol. The zero-order valence-corrected chi connectivity index (χ0v) is 15.9.